The third kappa shape index (κ3) is 3.91. The highest BCUT2D eigenvalue weighted by Gasteiger charge is 2.09. The van der Waals surface area contributed by atoms with Crippen molar-refractivity contribution in [3.8, 4) is 0 Å². The number of thiophene rings is 1. The fourth-order valence-electron chi connectivity index (χ4n) is 1.96. The van der Waals surface area contributed by atoms with Gasteiger partial charge < -0.3 is 5.32 Å². The number of rotatable bonds is 5. The molecule has 0 aliphatic heterocycles. The van der Waals surface area contributed by atoms with Crippen molar-refractivity contribution in [1.82, 2.24) is 5.32 Å². The summed E-state index contributed by atoms with van der Waals surface area (Å²) < 4.78 is 22.8. The largest absolute Gasteiger partial charge is 0.305 e. The summed E-state index contributed by atoms with van der Waals surface area (Å²) in [7, 11) is -3.12. The molecule has 1 N–H and O–H groups in total. The van der Waals surface area contributed by atoms with Gasteiger partial charge in [0.05, 0.1) is 4.90 Å². The average molecular weight is 309 g/mol. The molecule has 2 aromatic rings. The minimum atomic E-state index is -3.12. The molecule has 5 heteroatoms. The van der Waals surface area contributed by atoms with Gasteiger partial charge in [0.15, 0.2) is 9.84 Å². The van der Waals surface area contributed by atoms with Gasteiger partial charge >= 0.3 is 0 Å². The lowest BCUT2D eigenvalue weighted by molar-refractivity contribution is 0.578. The summed E-state index contributed by atoms with van der Waals surface area (Å²) >= 11 is 1.79. The van der Waals surface area contributed by atoms with E-state index in [2.05, 4.69) is 31.3 Å². The molecule has 1 atom stereocenters. The van der Waals surface area contributed by atoms with E-state index in [0.717, 1.165) is 12.1 Å². The van der Waals surface area contributed by atoms with E-state index in [1.807, 2.05) is 12.1 Å². The molecule has 0 bridgehead atoms. The Hall–Kier alpha value is -1.17. The first-order valence-corrected chi connectivity index (χ1v) is 9.16. The lowest BCUT2D eigenvalue weighted by Crippen LogP contribution is -2.17. The standard InChI is InChI=1S/C15H19NO2S2/c1-11-4-7-14(19-11)10-16-12(2)13-5-8-15(9-6-13)20(3,17)18/h4-9,12,16H,10H2,1-3H3. The van der Waals surface area contributed by atoms with Crippen LogP contribution in [0.25, 0.3) is 0 Å². The number of benzene rings is 1. The van der Waals surface area contributed by atoms with Crippen molar-refractivity contribution in [2.45, 2.75) is 31.3 Å². The Morgan fingerprint density at radius 2 is 1.80 bits per heavy atom. The molecule has 1 heterocycles. The van der Waals surface area contributed by atoms with Gasteiger partial charge in [-0.15, -0.1) is 11.3 Å². The van der Waals surface area contributed by atoms with E-state index < -0.39 is 9.84 Å². The highest BCUT2D eigenvalue weighted by molar-refractivity contribution is 7.90. The monoisotopic (exact) mass is 309 g/mol. The summed E-state index contributed by atoms with van der Waals surface area (Å²) in [6.07, 6.45) is 1.23. The third-order valence-corrected chi connectivity index (χ3v) is 5.32. The molecule has 0 aliphatic rings. The number of nitrogens with one attached hydrogen (secondary N) is 1. The molecule has 3 nitrogen and oxygen atoms in total. The highest BCUT2D eigenvalue weighted by Crippen LogP contribution is 2.19. The van der Waals surface area contributed by atoms with Crippen molar-refractivity contribution in [3.05, 3.63) is 51.7 Å². The minimum absolute atomic E-state index is 0.186. The average Bonchev–Trinajstić information content (AvgIpc) is 2.81. The Balaban J connectivity index is 2.00. The van der Waals surface area contributed by atoms with E-state index in [-0.39, 0.29) is 6.04 Å². The van der Waals surface area contributed by atoms with Crippen LogP contribution in [0.15, 0.2) is 41.3 Å². The van der Waals surface area contributed by atoms with Gasteiger partial charge in [0.2, 0.25) is 0 Å². The third-order valence-electron chi connectivity index (χ3n) is 3.19. The van der Waals surface area contributed by atoms with Crippen molar-refractivity contribution >= 4 is 21.2 Å². The lowest BCUT2D eigenvalue weighted by Gasteiger charge is -2.14. The number of hydrogen-bond acceptors (Lipinski definition) is 4. The van der Waals surface area contributed by atoms with Crippen LogP contribution in [-0.4, -0.2) is 14.7 Å². The number of sulfone groups is 1. The van der Waals surface area contributed by atoms with Crippen LogP contribution in [-0.2, 0) is 16.4 Å². The lowest BCUT2D eigenvalue weighted by atomic mass is 10.1. The van der Waals surface area contributed by atoms with E-state index in [1.165, 1.54) is 16.0 Å². The van der Waals surface area contributed by atoms with Gasteiger partial charge in [-0.25, -0.2) is 8.42 Å². The van der Waals surface area contributed by atoms with Crippen LogP contribution >= 0.6 is 11.3 Å². The number of aryl methyl sites for hydroxylation is 1. The molecule has 108 valence electrons. The zero-order valence-electron chi connectivity index (χ0n) is 11.9. The van der Waals surface area contributed by atoms with Gasteiger partial charge in [-0.3, -0.25) is 0 Å². The molecular weight excluding hydrogens is 290 g/mol. The van der Waals surface area contributed by atoms with Crippen molar-refractivity contribution in [1.29, 1.82) is 0 Å². The van der Waals surface area contributed by atoms with Crippen LogP contribution in [0.2, 0.25) is 0 Å². The van der Waals surface area contributed by atoms with Crippen LogP contribution in [0, 0.1) is 6.92 Å². The maximum absolute atomic E-state index is 11.4. The Labute approximate surface area is 124 Å². The van der Waals surface area contributed by atoms with Crippen molar-refractivity contribution in [3.63, 3.8) is 0 Å². The van der Waals surface area contributed by atoms with Crippen LogP contribution < -0.4 is 5.32 Å². The van der Waals surface area contributed by atoms with Gasteiger partial charge in [0, 0.05) is 28.6 Å². The van der Waals surface area contributed by atoms with E-state index in [9.17, 15) is 8.42 Å². The van der Waals surface area contributed by atoms with Crippen LogP contribution in [0.5, 0.6) is 0 Å². The van der Waals surface area contributed by atoms with E-state index in [1.54, 1.807) is 23.5 Å². The molecule has 0 amide bonds. The molecule has 2 rings (SSSR count). The number of hydrogen-bond donors (Lipinski definition) is 1. The maximum Gasteiger partial charge on any atom is 0.175 e. The predicted octanol–water partition coefficient (Wildman–Crippen LogP) is 3.31. The van der Waals surface area contributed by atoms with Gasteiger partial charge in [-0.1, -0.05) is 12.1 Å². The molecule has 0 fully saturated rings. The fraction of sp³-hybridized carbons (Fsp3) is 0.333. The van der Waals surface area contributed by atoms with Crippen molar-refractivity contribution in [2.75, 3.05) is 6.26 Å². The first-order chi connectivity index (χ1) is 9.36. The topological polar surface area (TPSA) is 46.2 Å². The summed E-state index contributed by atoms with van der Waals surface area (Å²) in [5.41, 5.74) is 1.09. The van der Waals surface area contributed by atoms with Crippen LogP contribution in [0.1, 0.15) is 28.3 Å². The minimum Gasteiger partial charge on any atom is -0.305 e. The van der Waals surface area contributed by atoms with Gasteiger partial charge in [0.1, 0.15) is 0 Å². The Morgan fingerprint density at radius 3 is 2.30 bits per heavy atom. The normalized spacial score (nSPS) is 13.3. The SMILES string of the molecule is Cc1ccc(CNC(C)c2ccc(S(C)(=O)=O)cc2)s1. The summed E-state index contributed by atoms with van der Waals surface area (Å²) in [6, 6.07) is 11.5. The smallest absolute Gasteiger partial charge is 0.175 e. The summed E-state index contributed by atoms with van der Waals surface area (Å²) in [5, 5.41) is 3.45. The molecule has 1 aromatic carbocycles. The highest BCUT2D eigenvalue weighted by atomic mass is 32.2. The second-order valence-corrected chi connectivity index (χ2v) is 8.34. The van der Waals surface area contributed by atoms with E-state index in [4.69, 9.17) is 0 Å². The zero-order valence-corrected chi connectivity index (χ0v) is 13.5. The fourth-order valence-corrected chi connectivity index (χ4v) is 3.43. The van der Waals surface area contributed by atoms with Crippen LogP contribution in [0.4, 0.5) is 0 Å². The first kappa shape index (κ1) is 15.2. The van der Waals surface area contributed by atoms with Gasteiger partial charge in [-0.2, -0.15) is 0 Å². The molecule has 1 unspecified atom stereocenters. The van der Waals surface area contributed by atoms with Crippen molar-refractivity contribution < 1.29 is 8.42 Å². The molecule has 0 saturated carbocycles. The summed E-state index contributed by atoms with van der Waals surface area (Å²) in [6.45, 7) is 5.00. The van der Waals surface area contributed by atoms with Gasteiger partial charge in [0.25, 0.3) is 0 Å². The second kappa shape index (κ2) is 6.08. The second-order valence-electron chi connectivity index (χ2n) is 4.96. The van der Waals surface area contributed by atoms with Gasteiger partial charge in [-0.05, 0) is 43.7 Å². The Bertz CT molecular complexity index is 672. The molecule has 0 radical (unpaired) electrons. The van der Waals surface area contributed by atoms with Crippen LogP contribution in [0.3, 0.4) is 0 Å². The molecule has 20 heavy (non-hydrogen) atoms. The van der Waals surface area contributed by atoms with E-state index in [0.29, 0.717) is 4.90 Å². The zero-order chi connectivity index (χ0) is 14.8. The maximum atomic E-state index is 11.4. The molecule has 0 aliphatic carbocycles. The quantitative estimate of drug-likeness (QED) is 0.921. The molecule has 0 saturated heterocycles. The summed E-state index contributed by atoms with van der Waals surface area (Å²) in [4.78, 5) is 2.98. The van der Waals surface area contributed by atoms with E-state index >= 15 is 0 Å². The predicted molar refractivity (Wildman–Crippen MR) is 83.9 cm³/mol. The van der Waals surface area contributed by atoms with Crippen molar-refractivity contribution in [2.24, 2.45) is 0 Å². The Morgan fingerprint density at radius 1 is 1.15 bits per heavy atom. The molecular formula is C15H19NO2S2. The first-order valence-electron chi connectivity index (χ1n) is 6.45. The molecule has 1 aromatic heterocycles. The molecule has 0 spiro atoms. The summed E-state index contributed by atoms with van der Waals surface area (Å²) in [5.74, 6) is 0. The Kier molecular flexibility index (Phi) is 4.62.